The van der Waals surface area contributed by atoms with Gasteiger partial charge in [-0.25, -0.2) is 4.79 Å². The normalized spacial score (nSPS) is 14.2. The maximum atomic E-state index is 12.1. The van der Waals surface area contributed by atoms with Gasteiger partial charge in [0, 0.05) is 6.54 Å². The molecule has 2 amide bonds. The SMILES string of the molecule is CC[C@H](NC(=O)[C@H](C)N)C(=O)N[C@@H](CCCN=C(N)N)C(=O)O. The topological polar surface area (TPSA) is 186 Å². The van der Waals surface area contributed by atoms with Crippen LogP contribution in [0.25, 0.3) is 0 Å². The van der Waals surface area contributed by atoms with Crippen molar-refractivity contribution >= 4 is 23.7 Å². The maximum Gasteiger partial charge on any atom is 0.326 e. The number of nitrogens with one attached hydrogen (secondary N) is 2. The van der Waals surface area contributed by atoms with E-state index in [1.165, 1.54) is 6.92 Å². The predicted molar refractivity (Wildman–Crippen MR) is 85.3 cm³/mol. The number of hydrogen-bond donors (Lipinski definition) is 6. The number of aliphatic carboxylic acids is 1. The molecule has 0 aliphatic rings. The molecule has 0 fully saturated rings. The molecule has 0 bridgehead atoms. The zero-order valence-electron chi connectivity index (χ0n) is 13.4. The second kappa shape index (κ2) is 10.4. The van der Waals surface area contributed by atoms with Gasteiger partial charge in [0.2, 0.25) is 11.8 Å². The molecule has 0 aromatic carbocycles. The number of amides is 2. The molecule has 0 aromatic heterocycles. The highest BCUT2D eigenvalue weighted by Gasteiger charge is 2.25. The van der Waals surface area contributed by atoms with Gasteiger partial charge in [-0.05, 0) is 26.2 Å². The van der Waals surface area contributed by atoms with Gasteiger partial charge in [0.15, 0.2) is 5.96 Å². The summed E-state index contributed by atoms with van der Waals surface area (Å²) in [7, 11) is 0. The van der Waals surface area contributed by atoms with Crippen LogP contribution in [-0.2, 0) is 14.4 Å². The third-order valence-corrected chi connectivity index (χ3v) is 3.01. The van der Waals surface area contributed by atoms with Gasteiger partial charge in [0.25, 0.3) is 0 Å². The van der Waals surface area contributed by atoms with E-state index in [9.17, 15) is 14.4 Å². The molecular weight excluding hydrogens is 304 g/mol. The van der Waals surface area contributed by atoms with Crippen molar-refractivity contribution in [3.8, 4) is 0 Å². The second-order valence-corrected chi connectivity index (χ2v) is 5.11. The molecule has 0 rings (SSSR count). The summed E-state index contributed by atoms with van der Waals surface area (Å²) >= 11 is 0. The molecule has 0 radical (unpaired) electrons. The Kier molecular flexibility index (Phi) is 9.31. The molecule has 0 aliphatic carbocycles. The van der Waals surface area contributed by atoms with E-state index in [2.05, 4.69) is 15.6 Å². The number of guanidine groups is 1. The van der Waals surface area contributed by atoms with Crippen LogP contribution in [0.15, 0.2) is 4.99 Å². The number of rotatable bonds is 10. The smallest absolute Gasteiger partial charge is 0.326 e. The van der Waals surface area contributed by atoms with Crippen molar-refractivity contribution in [1.82, 2.24) is 10.6 Å². The first kappa shape index (κ1) is 20.6. The van der Waals surface area contributed by atoms with Crippen molar-refractivity contribution in [3.63, 3.8) is 0 Å². The minimum absolute atomic E-state index is 0.0782. The van der Waals surface area contributed by atoms with Crippen molar-refractivity contribution in [1.29, 1.82) is 0 Å². The fraction of sp³-hybridized carbons (Fsp3) is 0.692. The fourth-order valence-corrected chi connectivity index (χ4v) is 1.69. The van der Waals surface area contributed by atoms with Crippen LogP contribution in [0.2, 0.25) is 0 Å². The van der Waals surface area contributed by atoms with Crippen LogP contribution >= 0.6 is 0 Å². The van der Waals surface area contributed by atoms with E-state index >= 15 is 0 Å². The lowest BCUT2D eigenvalue weighted by Gasteiger charge is -2.21. The fourth-order valence-electron chi connectivity index (χ4n) is 1.69. The van der Waals surface area contributed by atoms with E-state index < -0.39 is 35.9 Å². The van der Waals surface area contributed by atoms with Gasteiger partial charge >= 0.3 is 5.97 Å². The largest absolute Gasteiger partial charge is 0.480 e. The summed E-state index contributed by atoms with van der Waals surface area (Å²) in [5.74, 6) is -2.30. The molecule has 0 aliphatic heterocycles. The second-order valence-electron chi connectivity index (χ2n) is 5.11. The van der Waals surface area contributed by atoms with Crippen LogP contribution in [0, 0.1) is 0 Å². The van der Waals surface area contributed by atoms with Crippen molar-refractivity contribution in [2.45, 2.75) is 51.2 Å². The lowest BCUT2D eigenvalue weighted by atomic mass is 10.1. The van der Waals surface area contributed by atoms with Crippen molar-refractivity contribution < 1.29 is 19.5 Å². The molecule has 23 heavy (non-hydrogen) atoms. The number of carboxylic acid groups (broad SMARTS) is 1. The van der Waals surface area contributed by atoms with Gasteiger partial charge in [0.1, 0.15) is 12.1 Å². The summed E-state index contributed by atoms with van der Waals surface area (Å²) in [6.45, 7) is 3.45. The van der Waals surface area contributed by atoms with Gasteiger partial charge in [-0.1, -0.05) is 6.92 Å². The molecule has 0 saturated heterocycles. The minimum atomic E-state index is -1.17. The number of carbonyl (C=O) groups excluding carboxylic acids is 2. The molecule has 132 valence electrons. The molecule has 9 N–H and O–H groups in total. The highest BCUT2D eigenvalue weighted by molar-refractivity contribution is 5.91. The molecule has 0 saturated carbocycles. The summed E-state index contributed by atoms with van der Waals surface area (Å²) in [6, 6.07) is -2.68. The minimum Gasteiger partial charge on any atom is -0.480 e. The van der Waals surface area contributed by atoms with Gasteiger partial charge in [-0.2, -0.15) is 0 Å². The molecule has 10 nitrogen and oxygen atoms in total. The van der Waals surface area contributed by atoms with Crippen LogP contribution < -0.4 is 27.8 Å². The lowest BCUT2D eigenvalue weighted by molar-refractivity contribution is -0.142. The highest BCUT2D eigenvalue weighted by Crippen LogP contribution is 2.01. The maximum absolute atomic E-state index is 12.1. The molecular formula is C13H26N6O4. The summed E-state index contributed by atoms with van der Waals surface area (Å²) < 4.78 is 0. The van der Waals surface area contributed by atoms with E-state index in [0.717, 1.165) is 0 Å². The van der Waals surface area contributed by atoms with E-state index in [1.54, 1.807) is 6.92 Å². The van der Waals surface area contributed by atoms with Crippen LogP contribution in [-0.4, -0.2) is 53.5 Å². The van der Waals surface area contributed by atoms with Crippen LogP contribution in [0.5, 0.6) is 0 Å². The summed E-state index contributed by atoms with van der Waals surface area (Å²) in [4.78, 5) is 38.6. The van der Waals surface area contributed by atoms with Crippen molar-refractivity contribution in [2.24, 2.45) is 22.2 Å². The molecule has 3 atom stereocenters. The van der Waals surface area contributed by atoms with Gasteiger partial charge < -0.3 is 32.9 Å². The van der Waals surface area contributed by atoms with Crippen molar-refractivity contribution in [2.75, 3.05) is 6.54 Å². The Labute approximate surface area is 134 Å². The summed E-state index contributed by atoms with van der Waals surface area (Å²) in [6.07, 6.45) is 0.859. The first-order valence-corrected chi connectivity index (χ1v) is 7.33. The van der Waals surface area contributed by atoms with Crippen LogP contribution in [0.3, 0.4) is 0 Å². The van der Waals surface area contributed by atoms with Crippen molar-refractivity contribution in [3.05, 3.63) is 0 Å². The zero-order valence-corrected chi connectivity index (χ0v) is 13.4. The number of nitrogens with zero attached hydrogens (tertiary/aromatic N) is 1. The Bertz CT molecular complexity index is 448. The first-order chi connectivity index (χ1) is 10.7. The Morgan fingerprint density at radius 1 is 1.13 bits per heavy atom. The summed E-state index contributed by atoms with van der Waals surface area (Å²) in [5, 5.41) is 14.0. The number of nitrogens with two attached hydrogens (primary N) is 3. The average Bonchev–Trinajstić information content (AvgIpc) is 2.46. The average molecular weight is 330 g/mol. The predicted octanol–water partition coefficient (Wildman–Crippen LogP) is -2.15. The standard InChI is InChI=1S/C13H26N6O4/c1-3-8(18-10(20)7(2)14)11(21)19-9(12(22)23)5-4-6-17-13(15)16/h7-9H,3-6,14H2,1-2H3,(H,18,20)(H,19,21)(H,22,23)(H4,15,16,17)/t7-,8-,9-/m0/s1. The molecule has 0 spiro atoms. The Hall–Kier alpha value is -2.36. The number of hydrogen-bond acceptors (Lipinski definition) is 5. The third kappa shape index (κ3) is 8.61. The van der Waals surface area contributed by atoms with E-state index in [-0.39, 0.29) is 18.9 Å². The molecule has 0 aromatic rings. The number of aliphatic imine (C=N–C) groups is 1. The Balaban J connectivity index is 4.60. The quantitative estimate of drug-likeness (QED) is 0.150. The van der Waals surface area contributed by atoms with E-state index in [0.29, 0.717) is 12.8 Å². The molecule has 0 heterocycles. The third-order valence-electron chi connectivity index (χ3n) is 3.01. The summed E-state index contributed by atoms with van der Waals surface area (Å²) in [5.41, 5.74) is 15.8. The lowest BCUT2D eigenvalue weighted by Crippen LogP contribution is -2.53. The number of carboxylic acids is 1. The van der Waals surface area contributed by atoms with E-state index in [4.69, 9.17) is 22.3 Å². The van der Waals surface area contributed by atoms with Gasteiger partial charge in [-0.3, -0.25) is 14.6 Å². The van der Waals surface area contributed by atoms with Crippen LogP contribution in [0.1, 0.15) is 33.1 Å². The number of carbonyl (C=O) groups is 3. The van der Waals surface area contributed by atoms with Crippen LogP contribution in [0.4, 0.5) is 0 Å². The van der Waals surface area contributed by atoms with Gasteiger partial charge in [0.05, 0.1) is 6.04 Å². The zero-order chi connectivity index (χ0) is 18.0. The first-order valence-electron chi connectivity index (χ1n) is 7.33. The monoisotopic (exact) mass is 330 g/mol. The molecule has 10 heteroatoms. The van der Waals surface area contributed by atoms with E-state index in [1.807, 2.05) is 0 Å². The Morgan fingerprint density at radius 3 is 2.13 bits per heavy atom. The van der Waals surface area contributed by atoms with Gasteiger partial charge in [-0.15, -0.1) is 0 Å². The Morgan fingerprint density at radius 2 is 1.70 bits per heavy atom. The highest BCUT2D eigenvalue weighted by atomic mass is 16.4. The molecule has 0 unspecified atom stereocenters.